The van der Waals surface area contributed by atoms with Gasteiger partial charge in [-0.15, -0.1) is 0 Å². The summed E-state index contributed by atoms with van der Waals surface area (Å²) >= 11 is 5.70. The number of halogens is 1. The maximum Gasteiger partial charge on any atom is 0.0992 e. The lowest BCUT2D eigenvalue weighted by molar-refractivity contribution is 1.26. The fourth-order valence-corrected chi connectivity index (χ4v) is 1.17. The molecular weight excluding hydrogens is 172 g/mol. The number of benzene rings is 1. The number of hydrogen-bond donors (Lipinski definition) is 0. The van der Waals surface area contributed by atoms with Crippen molar-refractivity contribution in [3.63, 3.8) is 0 Å². The van der Waals surface area contributed by atoms with Crippen molar-refractivity contribution >= 4 is 11.6 Å². The van der Waals surface area contributed by atoms with Gasteiger partial charge in [0.05, 0.1) is 24.1 Å². The van der Waals surface area contributed by atoms with E-state index >= 15 is 0 Å². The van der Waals surface area contributed by atoms with Crippen LogP contribution < -0.4 is 0 Å². The van der Waals surface area contributed by atoms with Crippen LogP contribution in [-0.2, 0) is 6.42 Å². The van der Waals surface area contributed by atoms with Crippen molar-refractivity contribution in [1.29, 1.82) is 10.5 Å². The van der Waals surface area contributed by atoms with Crippen molar-refractivity contribution in [2.24, 2.45) is 0 Å². The van der Waals surface area contributed by atoms with Gasteiger partial charge in [0.1, 0.15) is 0 Å². The monoisotopic (exact) mass is 176 g/mol. The van der Waals surface area contributed by atoms with E-state index in [0.29, 0.717) is 10.6 Å². The molecule has 12 heavy (non-hydrogen) atoms. The third kappa shape index (κ3) is 1.99. The maximum absolute atomic E-state index is 8.56. The summed E-state index contributed by atoms with van der Waals surface area (Å²) in [4.78, 5) is 0. The fourth-order valence-electron chi connectivity index (χ4n) is 0.908. The second kappa shape index (κ2) is 3.76. The number of nitrogens with zero attached hydrogens (tertiary/aromatic N) is 2. The highest BCUT2D eigenvalue weighted by atomic mass is 35.5. The predicted molar refractivity (Wildman–Crippen MR) is 45.5 cm³/mol. The molecule has 1 rings (SSSR count). The summed E-state index contributed by atoms with van der Waals surface area (Å²) in [6.07, 6.45) is 0.287. The molecule has 0 N–H and O–H groups in total. The van der Waals surface area contributed by atoms with Crippen LogP contribution in [0.25, 0.3) is 0 Å². The molecule has 1 aromatic carbocycles. The minimum atomic E-state index is 0.287. The summed E-state index contributed by atoms with van der Waals surface area (Å²) in [5.41, 5.74) is 1.27. The van der Waals surface area contributed by atoms with Crippen LogP contribution in [0.1, 0.15) is 11.1 Å². The van der Waals surface area contributed by atoms with Crippen molar-refractivity contribution in [3.05, 3.63) is 34.3 Å². The Balaban J connectivity index is 3.10. The molecule has 0 radical (unpaired) electrons. The van der Waals surface area contributed by atoms with Crippen LogP contribution in [0.3, 0.4) is 0 Å². The van der Waals surface area contributed by atoms with Crippen molar-refractivity contribution < 1.29 is 0 Å². The van der Waals surface area contributed by atoms with Crippen molar-refractivity contribution in [1.82, 2.24) is 0 Å². The maximum atomic E-state index is 8.56. The SMILES string of the molecule is N#CCc1cc(Cl)cc(C#N)c1. The lowest BCUT2D eigenvalue weighted by atomic mass is 10.1. The third-order valence-electron chi connectivity index (χ3n) is 1.37. The van der Waals surface area contributed by atoms with Gasteiger partial charge < -0.3 is 0 Å². The first-order valence-corrected chi connectivity index (χ1v) is 3.70. The second-order valence-corrected chi connectivity index (χ2v) is 2.73. The summed E-state index contributed by atoms with van der Waals surface area (Å²) in [6, 6.07) is 8.89. The quantitative estimate of drug-likeness (QED) is 0.659. The van der Waals surface area contributed by atoms with Crippen molar-refractivity contribution in [3.8, 4) is 12.1 Å². The van der Waals surface area contributed by atoms with Gasteiger partial charge in [-0.1, -0.05) is 11.6 Å². The Morgan fingerprint density at radius 1 is 1.25 bits per heavy atom. The number of rotatable bonds is 1. The standard InChI is InChI=1S/C9H5ClN2/c10-9-4-7(1-2-11)3-8(5-9)6-12/h3-5H,1H2. The highest BCUT2D eigenvalue weighted by Crippen LogP contribution is 2.14. The van der Waals surface area contributed by atoms with Crippen molar-refractivity contribution in [2.45, 2.75) is 6.42 Å². The van der Waals surface area contributed by atoms with Gasteiger partial charge in [0.2, 0.25) is 0 Å². The highest BCUT2D eigenvalue weighted by molar-refractivity contribution is 6.30. The Morgan fingerprint density at radius 3 is 2.58 bits per heavy atom. The smallest absolute Gasteiger partial charge is 0.0992 e. The van der Waals surface area contributed by atoms with Crippen LogP contribution in [0.15, 0.2) is 18.2 Å². The molecule has 0 amide bonds. The van der Waals surface area contributed by atoms with Crippen LogP contribution >= 0.6 is 11.6 Å². The molecule has 1 aromatic rings. The summed E-state index contributed by atoms with van der Waals surface area (Å²) in [5, 5.41) is 17.5. The molecule has 0 saturated carbocycles. The predicted octanol–water partition coefficient (Wildman–Crippen LogP) is 2.28. The molecular formula is C9H5ClN2. The Kier molecular flexibility index (Phi) is 2.69. The minimum Gasteiger partial charge on any atom is -0.198 e. The number of hydrogen-bond acceptors (Lipinski definition) is 2. The summed E-state index contributed by atoms with van der Waals surface area (Å²) in [5.74, 6) is 0. The highest BCUT2D eigenvalue weighted by Gasteiger charge is 1.97. The summed E-state index contributed by atoms with van der Waals surface area (Å²) in [7, 11) is 0. The second-order valence-electron chi connectivity index (χ2n) is 2.29. The van der Waals surface area contributed by atoms with E-state index in [4.69, 9.17) is 22.1 Å². The van der Waals surface area contributed by atoms with E-state index in [1.54, 1.807) is 18.2 Å². The first-order chi connectivity index (χ1) is 5.76. The van der Waals surface area contributed by atoms with E-state index in [0.717, 1.165) is 5.56 Å². The Morgan fingerprint density at radius 2 is 2.00 bits per heavy atom. The molecule has 0 saturated heterocycles. The normalized spacial score (nSPS) is 8.58. The lowest BCUT2D eigenvalue weighted by Crippen LogP contribution is -1.83. The molecule has 0 aliphatic carbocycles. The molecule has 0 aliphatic heterocycles. The Bertz CT molecular complexity index is 371. The van der Waals surface area contributed by atoms with E-state index < -0.39 is 0 Å². The van der Waals surface area contributed by atoms with Gasteiger partial charge in [0.15, 0.2) is 0 Å². The van der Waals surface area contributed by atoms with Gasteiger partial charge in [-0.25, -0.2) is 0 Å². The fraction of sp³-hybridized carbons (Fsp3) is 0.111. The van der Waals surface area contributed by atoms with E-state index in [1.165, 1.54) is 0 Å². The van der Waals surface area contributed by atoms with Gasteiger partial charge in [0.25, 0.3) is 0 Å². The molecule has 0 spiro atoms. The zero-order valence-electron chi connectivity index (χ0n) is 6.21. The van der Waals surface area contributed by atoms with Crippen LogP contribution in [0.2, 0.25) is 5.02 Å². The van der Waals surface area contributed by atoms with Crippen LogP contribution in [0.5, 0.6) is 0 Å². The van der Waals surface area contributed by atoms with Gasteiger partial charge >= 0.3 is 0 Å². The third-order valence-corrected chi connectivity index (χ3v) is 1.59. The van der Waals surface area contributed by atoms with E-state index in [1.807, 2.05) is 12.1 Å². The van der Waals surface area contributed by atoms with Crippen molar-refractivity contribution in [2.75, 3.05) is 0 Å². The average Bonchev–Trinajstić information content (AvgIpc) is 2.04. The average molecular weight is 177 g/mol. The molecule has 58 valence electrons. The Labute approximate surface area is 75.6 Å². The molecule has 3 heteroatoms. The summed E-state index contributed by atoms with van der Waals surface area (Å²) in [6.45, 7) is 0. The molecule has 0 bridgehead atoms. The van der Waals surface area contributed by atoms with E-state index in [9.17, 15) is 0 Å². The van der Waals surface area contributed by atoms with Gasteiger partial charge in [-0.2, -0.15) is 10.5 Å². The summed E-state index contributed by atoms with van der Waals surface area (Å²) < 4.78 is 0. The van der Waals surface area contributed by atoms with E-state index in [2.05, 4.69) is 0 Å². The first-order valence-electron chi connectivity index (χ1n) is 3.33. The minimum absolute atomic E-state index is 0.287. The molecule has 0 aliphatic rings. The molecule has 0 fully saturated rings. The van der Waals surface area contributed by atoms with Crippen LogP contribution in [-0.4, -0.2) is 0 Å². The molecule has 0 heterocycles. The lowest BCUT2D eigenvalue weighted by Gasteiger charge is -1.96. The Hall–Kier alpha value is -1.51. The number of nitriles is 2. The first kappa shape index (κ1) is 8.59. The largest absolute Gasteiger partial charge is 0.198 e. The van der Waals surface area contributed by atoms with E-state index in [-0.39, 0.29) is 6.42 Å². The molecule has 0 unspecified atom stereocenters. The zero-order valence-corrected chi connectivity index (χ0v) is 6.97. The molecule has 0 aromatic heterocycles. The van der Waals surface area contributed by atoms with Crippen LogP contribution in [0.4, 0.5) is 0 Å². The van der Waals surface area contributed by atoms with Crippen LogP contribution in [0, 0.1) is 22.7 Å². The van der Waals surface area contributed by atoms with Gasteiger partial charge in [0, 0.05) is 5.02 Å². The molecule has 0 atom stereocenters. The van der Waals surface area contributed by atoms with Gasteiger partial charge in [-0.05, 0) is 23.8 Å². The zero-order chi connectivity index (χ0) is 8.97. The van der Waals surface area contributed by atoms with Gasteiger partial charge in [-0.3, -0.25) is 0 Å². The topological polar surface area (TPSA) is 47.6 Å². The molecule has 2 nitrogen and oxygen atoms in total.